The average Bonchev–Trinajstić information content (AvgIpc) is 2.90. The van der Waals surface area contributed by atoms with Crippen LogP contribution < -0.4 is 10.2 Å². The number of nitrogens with zero attached hydrogens (tertiary/aromatic N) is 2. The fourth-order valence-corrected chi connectivity index (χ4v) is 2.18. The van der Waals surface area contributed by atoms with Crippen molar-refractivity contribution in [3.63, 3.8) is 0 Å². The van der Waals surface area contributed by atoms with E-state index in [2.05, 4.69) is 5.32 Å². The number of rotatable bonds is 3. The highest BCUT2D eigenvalue weighted by Gasteiger charge is 2.23. The van der Waals surface area contributed by atoms with Crippen molar-refractivity contribution >= 4 is 17.3 Å². The lowest BCUT2D eigenvalue weighted by atomic mass is 10.1. The Bertz CT molecular complexity index is 481. The Morgan fingerprint density at radius 3 is 2.61 bits per heavy atom. The number of carbonyl (C=O) groups is 1. The molecule has 0 radical (unpaired) electrons. The summed E-state index contributed by atoms with van der Waals surface area (Å²) in [5, 5.41) is 13.6. The van der Waals surface area contributed by atoms with E-state index in [1.54, 1.807) is 12.1 Å². The zero-order valence-corrected chi connectivity index (χ0v) is 10.2. The van der Waals surface area contributed by atoms with Crippen LogP contribution in [-0.2, 0) is 0 Å². The summed E-state index contributed by atoms with van der Waals surface area (Å²) in [5.41, 5.74) is 0.912. The highest BCUT2D eigenvalue weighted by molar-refractivity contribution is 5.95. The largest absolute Gasteiger partial charge is 0.366 e. The number of carbonyl (C=O) groups excluding carboxylic acids is 1. The average molecular weight is 249 g/mol. The van der Waals surface area contributed by atoms with Gasteiger partial charge >= 0.3 is 0 Å². The molecule has 0 saturated carbocycles. The number of nitro groups is 1. The summed E-state index contributed by atoms with van der Waals surface area (Å²) in [6.45, 7) is 1.67. The van der Waals surface area contributed by atoms with E-state index in [9.17, 15) is 14.9 Å². The van der Waals surface area contributed by atoms with Crippen LogP contribution in [0.15, 0.2) is 18.2 Å². The fourth-order valence-electron chi connectivity index (χ4n) is 2.18. The molecule has 1 aliphatic rings. The molecule has 0 spiro atoms. The minimum Gasteiger partial charge on any atom is -0.366 e. The quantitative estimate of drug-likeness (QED) is 0.651. The molecule has 6 heteroatoms. The maximum atomic E-state index is 11.5. The smallest absolute Gasteiger partial charge is 0.293 e. The van der Waals surface area contributed by atoms with E-state index < -0.39 is 4.92 Å². The van der Waals surface area contributed by atoms with Crippen molar-refractivity contribution in [1.82, 2.24) is 5.32 Å². The Kier molecular flexibility index (Phi) is 3.45. The van der Waals surface area contributed by atoms with Crippen LogP contribution in [0.2, 0.25) is 0 Å². The Morgan fingerprint density at radius 2 is 2.06 bits per heavy atom. The van der Waals surface area contributed by atoms with Crippen molar-refractivity contribution in [2.24, 2.45) is 0 Å². The second-order valence-electron chi connectivity index (χ2n) is 4.23. The molecule has 1 amide bonds. The second kappa shape index (κ2) is 5.03. The van der Waals surface area contributed by atoms with E-state index in [0.29, 0.717) is 11.3 Å². The molecule has 1 saturated heterocycles. The lowest BCUT2D eigenvalue weighted by molar-refractivity contribution is -0.384. The Labute approximate surface area is 105 Å². The third-order valence-corrected chi connectivity index (χ3v) is 3.11. The third kappa shape index (κ3) is 2.27. The van der Waals surface area contributed by atoms with Gasteiger partial charge in [0.1, 0.15) is 5.69 Å². The van der Waals surface area contributed by atoms with E-state index in [4.69, 9.17) is 0 Å². The first-order chi connectivity index (χ1) is 8.63. The highest BCUT2D eigenvalue weighted by Crippen LogP contribution is 2.31. The lowest BCUT2D eigenvalue weighted by Gasteiger charge is -2.17. The molecule has 1 aromatic rings. The van der Waals surface area contributed by atoms with Crippen LogP contribution in [0.3, 0.4) is 0 Å². The molecule has 6 nitrogen and oxygen atoms in total. The fraction of sp³-hybridized carbons (Fsp3) is 0.417. The van der Waals surface area contributed by atoms with Crippen LogP contribution in [0.4, 0.5) is 11.4 Å². The first kappa shape index (κ1) is 12.3. The van der Waals surface area contributed by atoms with Gasteiger partial charge in [0.2, 0.25) is 0 Å². The summed E-state index contributed by atoms with van der Waals surface area (Å²) in [6, 6.07) is 4.62. The summed E-state index contributed by atoms with van der Waals surface area (Å²) >= 11 is 0. The van der Waals surface area contributed by atoms with E-state index >= 15 is 0 Å². The zero-order valence-electron chi connectivity index (χ0n) is 10.2. The third-order valence-electron chi connectivity index (χ3n) is 3.11. The number of anilines is 1. The van der Waals surface area contributed by atoms with E-state index in [1.807, 2.05) is 4.90 Å². The van der Waals surface area contributed by atoms with Crippen molar-refractivity contribution in [1.29, 1.82) is 0 Å². The van der Waals surface area contributed by atoms with Gasteiger partial charge in [-0.25, -0.2) is 0 Å². The van der Waals surface area contributed by atoms with Crippen LogP contribution in [0.5, 0.6) is 0 Å². The van der Waals surface area contributed by atoms with Crippen LogP contribution in [0.1, 0.15) is 23.2 Å². The highest BCUT2D eigenvalue weighted by atomic mass is 16.6. The predicted molar refractivity (Wildman–Crippen MR) is 67.9 cm³/mol. The molecule has 96 valence electrons. The summed E-state index contributed by atoms with van der Waals surface area (Å²) in [4.78, 5) is 24.1. The maximum Gasteiger partial charge on any atom is 0.293 e. The topological polar surface area (TPSA) is 75.5 Å². The van der Waals surface area contributed by atoms with Crippen molar-refractivity contribution in [3.8, 4) is 0 Å². The van der Waals surface area contributed by atoms with Crippen LogP contribution in [0, 0.1) is 10.1 Å². The summed E-state index contributed by atoms with van der Waals surface area (Å²) < 4.78 is 0. The number of nitro benzene ring substituents is 1. The van der Waals surface area contributed by atoms with E-state index in [1.165, 1.54) is 13.1 Å². The number of benzene rings is 1. The Balaban J connectivity index is 2.40. The standard InChI is InChI=1S/C12H15N3O3/c1-13-12(16)9-4-5-10(11(8-9)15(17)18)14-6-2-3-7-14/h4-5,8H,2-3,6-7H2,1H3,(H,13,16). The van der Waals surface area contributed by atoms with E-state index in [-0.39, 0.29) is 11.6 Å². The van der Waals surface area contributed by atoms with Gasteiger partial charge in [-0.2, -0.15) is 0 Å². The van der Waals surface area contributed by atoms with Gasteiger partial charge in [-0.1, -0.05) is 0 Å². The van der Waals surface area contributed by atoms with Gasteiger partial charge in [-0.05, 0) is 25.0 Å². The Hall–Kier alpha value is -2.11. The molecule has 1 fully saturated rings. The zero-order chi connectivity index (χ0) is 13.1. The molecule has 18 heavy (non-hydrogen) atoms. The molecule has 0 atom stereocenters. The normalized spacial score (nSPS) is 14.6. The first-order valence-electron chi connectivity index (χ1n) is 5.89. The van der Waals surface area contributed by atoms with Gasteiger partial charge in [0, 0.05) is 31.8 Å². The monoisotopic (exact) mass is 249 g/mol. The molecule has 0 aromatic heterocycles. The molecule has 1 heterocycles. The van der Waals surface area contributed by atoms with Gasteiger partial charge in [0.05, 0.1) is 4.92 Å². The van der Waals surface area contributed by atoms with Crippen LogP contribution in [0.25, 0.3) is 0 Å². The number of hydrogen-bond acceptors (Lipinski definition) is 4. The van der Waals surface area contributed by atoms with Crippen molar-refractivity contribution in [2.75, 3.05) is 25.0 Å². The summed E-state index contributed by atoms with van der Waals surface area (Å²) in [5.74, 6) is -0.314. The predicted octanol–water partition coefficient (Wildman–Crippen LogP) is 1.55. The van der Waals surface area contributed by atoms with Crippen molar-refractivity contribution < 1.29 is 9.72 Å². The van der Waals surface area contributed by atoms with Gasteiger partial charge in [0.15, 0.2) is 0 Å². The summed E-state index contributed by atoms with van der Waals surface area (Å²) in [6.07, 6.45) is 2.10. The summed E-state index contributed by atoms with van der Waals surface area (Å²) in [7, 11) is 1.50. The van der Waals surface area contributed by atoms with Gasteiger partial charge < -0.3 is 10.2 Å². The molecular weight excluding hydrogens is 234 g/mol. The lowest BCUT2D eigenvalue weighted by Crippen LogP contribution is -2.21. The van der Waals surface area contributed by atoms with Crippen molar-refractivity contribution in [3.05, 3.63) is 33.9 Å². The van der Waals surface area contributed by atoms with E-state index in [0.717, 1.165) is 25.9 Å². The first-order valence-corrected chi connectivity index (χ1v) is 5.89. The Morgan fingerprint density at radius 1 is 1.39 bits per heavy atom. The van der Waals surface area contributed by atoms with Gasteiger partial charge in [-0.3, -0.25) is 14.9 Å². The molecule has 1 aromatic carbocycles. The molecule has 1 N–H and O–H groups in total. The van der Waals surface area contributed by atoms with Gasteiger partial charge in [-0.15, -0.1) is 0 Å². The van der Waals surface area contributed by atoms with Crippen LogP contribution in [-0.4, -0.2) is 31.0 Å². The molecular formula is C12H15N3O3. The molecule has 2 rings (SSSR count). The number of hydrogen-bond donors (Lipinski definition) is 1. The second-order valence-corrected chi connectivity index (χ2v) is 4.23. The molecule has 1 aliphatic heterocycles. The molecule has 0 unspecified atom stereocenters. The van der Waals surface area contributed by atoms with Gasteiger partial charge in [0.25, 0.3) is 11.6 Å². The molecule has 0 aliphatic carbocycles. The minimum absolute atomic E-state index is 0.00185. The van der Waals surface area contributed by atoms with Crippen molar-refractivity contribution in [2.45, 2.75) is 12.8 Å². The minimum atomic E-state index is -0.430. The maximum absolute atomic E-state index is 11.5. The SMILES string of the molecule is CNC(=O)c1ccc(N2CCCC2)c([N+](=O)[O-])c1. The van der Waals surface area contributed by atoms with Crippen LogP contribution >= 0.6 is 0 Å². The number of amides is 1. The molecule has 0 bridgehead atoms. The number of nitrogens with one attached hydrogen (secondary N) is 1.